The van der Waals surface area contributed by atoms with Gasteiger partial charge in [-0.25, -0.2) is 0 Å². The van der Waals surface area contributed by atoms with E-state index in [4.69, 9.17) is 9.93 Å². The van der Waals surface area contributed by atoms with Crippen molar-refractivity contribution >= 4 is 5.91 Å². The third-order valence-electron chi connectivity index (χ3n) is 5.11. The van der Waals surface area contributed by atoms with Crippen LogP contribution in [0.25, 0.3) is 11.3 Å². The second kappa shape index (κ2) is 8.79. The molecule has 2 aromatic heterocycles. The molecule has 0 saturated heterocycles. The molecule has 0 fully saturated rings. The molecule has 1 atom stereocenters. The van der Waals surface area contributed by atoms with Crippen molar-refractivity contribution in [3.63, 3.8) is 0 Å². The molecule has 164 valence electrons. The first-order valence-electron chi connectivity index (χ1n) is 9.75. The van der Waals surface area contributed by atoms with Crippen LogP contribution in [-0.2, 0) is 12.7 Å². The maximum absolute atomic E-state index is 12.9. The topological polar surface area (TPSA) is 83.9 Å². The van der Waals surface area contributed by atoms with E-state index in [9.17, 15) is 18.0 Å². The SMILES string of the molecule is CC(C)[C@H](C)NC(=O)c1noc(-c2ccc(C(F)(F)F)cc2)c1Cn1ccccc1=N. The van der Waals surface area contributed by atoms with Crippen LogP contribution in [0.1, 0.15) is 42.4 Å². The van der Waals surface area contributed by atoms with Gasteiger partial charge in [0.2, 0.25) is 0 Å². The summed E-state index contributed by atoms with van der Waals surface area (Å²) in [7, 11) is 0. The molecule has 1 aromatic carbocycles. The van der Waals surface area contributed by atoms with Crippen LogP contribution < -0.4 is 10.8 Å². The number of nitrogens with one attached hydrogen (secondary N) is 2. The number of carbonyl (C=O) groups is 1. The lowest BCUT2D eigenvalue weighted by Gasteiger charge is -2.17. The Morgan fingerprint density at radius 3 is 2.42 bits per heavy atom. The molecule has 9 heteroatoms. The Morgan fingerprint density at radius 2 is 1.84 bits per heavy atom. The summed E-state index contributed by atoms with van der Waals surface area (Å²) in [4.78, 5) is 12.8. The average Bonchev–Trinajstić information content (AvgIpc) is 3.12. The molecule has 1 amide bonds. The van der Waals surface area contributed by atoms with Gasteiger partial charge in [0.15, 0.2) is 11.5 Å². The second-order valence-electron chi connectivity index (χ2n) is 7.63. The van der Waals surface area contributed by atoms with Crippen molar-refractivity contribution < 1.29 is 22.5 Å². The lowest BCUT2D eigenvalue weighted by atomic mass is 10.0. The molecule has 0 aliphatic rings. The highest BCUT2D eigenvalue weighted by Gasteiger charge is 2.31. The van der Waals surface area contributed by atoms with Crippen LogP contribution in [-0.4, -0.2) is 21.7 Å². The predicted molar refractivity (Wildman–Crippen MR) is 108 cm³/mol. The van der Waals surface area contributed by atoms with E-state index in [1.54, 1.807) is 29.0 Å². The standard InChI is InChI=1S/C22H23F3N4O2/c1-13(2)14(3)27-21(30)19-17(12-29-11-5-4-6-18(29)26)20(31-28-19)15-7-9-16(10-8-15)22(23,24)25/h4-11,13-14,26H,12H2,1-3H3,(H,27,30)/t14-/m0/s1. The number of hydrogen-bond donors (Lipinski definition) is 2. The van der Waals surface area contributed by atoms with Crippen LogP contribution >= 0.6 is 0 Å². The summed E-state index contributed by atoms with van der Waals surface area (Å²) in [6.07, 6.45) is -2.79. The number of halogens is 3. The molecular weight excluding hydrogens is 409 g/mol. The highest BCUT2D eigenvalue weighted by Crippen LogP contribution is 2.33. The first-order chi connectivity index (χ1) is 14.6. The van der Waals surface area contributed by atoms with Gasteiger partial charge in [-0.05, 0) is 37.1 Å². The Hall–Kier alpha value is -3.36. The van der Waals surface area contributed by atoms with Crippen molar-refractivity contribution in [3.8, 4) is 11.3 Å². The van der Waals surface area contributed by atoms with Gasteiger partial charge in [0, 0.05) is 17.8 Å². The number of alkyl halides is 3. The van der Waals surface area contributed by atoms with Crippen molar-refractivity contribution in [1.29, 1.82) is 5.41 Å². The molecule has 3 rings (SSSR count). The number of pyridine rings is 1. The minimum atomic E-state index is -4.46. The number of amides is 1. The molecule has 0 spiro atoms. The van der Waals surface area contributed by atoms with Gasteiger partial charge in [-0.1, -0.05) is 37.2 Å². The van der Waals surface area contributed by atoms with Crippen molar-refractivity contribution in [2.45, 2.75) is 39.5 Å². The molecule has 6 nitrogen and oxygen atoms in total. The number of rotatable bonds is 6. The van der Waals surface area contributed by atoms with Crippen LogP contribution in [0.3, 0.4) is 0 Å². The number of nitrogens with zero attached hydrogens (tertiary/aromatic N) is 2. The zero-order valence-electron chi connectivity index (χ0n) is 17.3. The normalized spacial score (nSPS) is 12.7. The van der Waals surface area contributed by atoms with Crippen molar-refractivity contribution in [1.82, 2.24) is 15.0 Å². The Labute approximate surface area is 177 Å². The van der Waals surface area contributed by atoms with Gasteiger partial charge in [0.1, 0.15) is 5.49 Å². The first-order valence-corrected chi connectivity index (χ1v) is 9.75. The monoisotopic (exact) mass is 432 g/mol. The molecule has 0 unspecified atom stereocenters. The van der Waals surface area contributed by atoms with Crippen LogP contribution in [0.2, 0.25) is 0 Å². The third kappa shape index (κ3) is 5.04. The van der Waals surface area contributed by atoms with Gasteiger partial charge in [0.05, 0.1) is 17.7 Å². The Kier molecular flexibility index (Phi) is 6.33. The maximum Gasteiger partial charge on any atom is 0.416 e. The minimum Gasteiger partial charge on any atom is -0.355 e. The maximum atomic E-state index is 12.9. The Morgan fingerprint density at radius 1 is 1.16 bits per heavy atom. The fourth-order valence-electron chi connectivity index (χ4n) is 2.90. The van der Waals surface area contributed by atoms with Gasteiger partial charge < -0.3 is 14.4 Å². The predicted octanol–water partition coefficient (Wildman–Crippen LogP) is 4.46. The van der Waals surface area contributed by atoms with E-state index in [2.05, 4.69) is 10.5 Å². The lowest BCUT2D eigenvalue weighted by Crippen LogP contribution is -2.37. The smallest absolute Gasteiger partial charge is 0.355 e. The molecule has 0 bridgehead atoms. The summed E-state index contributed by atoms with van der Waals surface area (Å²) in [6.45, 7) is 5.90. The molecule has 0 radical (unpaired) electrons. The summed E-state index contributed by atoms with van der Waals surface area (Å²) in [5.74, 6) is -0.0648. The van der Waals surface area contributed by atoms with Crippen LogP contribution in [0, 0.1) is 11.3 Å². The van der Waals surface area contributed by atoms with Crippen molar-refractivity contribution in [2.75, 3.05) is 0 Å². The van der Waals surface area contributed by atoms with Gasteiger partial charge in [-0.3, -0.25) is 10.2 Å². The molecule has 31 heavy (non-hydrogen) atoms. The fourth-order valence-corrected chi connectivity index (χ4v) is 2.90. The Balaban J connectivity index is 2.05. The quantitative estimate of drug-likeness (QED) is 0.603. The van der Waals surface area contributed by atoms with Crippen molar-refractivity contribution in [2.24, 2.45) is 5.92 Å². The third-order valence-corrected chi connectivity index (χ3v) is 5.11. The van der Waals surface area contributed by atoms with Gasteiger partial charge in [0.25, 0.3) is 5.91 Å². The summed E-state index contributed by atoms with van der Waals surface area (Å²) >= 11 is 0. The van der Waals surface area contributed by atoms with Crippen LogP contribution in [0.15, 0.2) is 53.2 Å². The summed E-state index contributed by atoms with van der Waals surface area (Å²) in [6, 6.07) is 9.38. The number of benzene rings is 1. The summed E-state index contributed by atoms with van der Waals surface area (Å²) in [5, 5.41) is 14.9. The molecular formula is C22H23F3N4O2. The van der Waals surface area contributed by atoms with Crippen molar-refractivity contribution in [3.05, 3.63) is 71.0 Å². The number of aromatic nitrogens is 2. The van der Waals surface area contributed by atoms with E-state index in [1.807, 2.05) is 20.8 Å². The summed E-state index contributed by atoms with van der Waals surface area (Å²) < 4.78 is 45.8. The summed E-state index contributed by atoms with van der Waals surface area (Å²) in [5.41, 5.74) is 0.196. The van der Waals surface area contributed by atoms with E-state index in [0.29, 0.717) is 11.1 Å². The molecule has 3 aromatic rings. The largest absolute Gasteiger partial charge is 0.416 e. The molecule has 0 aliphatic heterocycles. The number of hydrogen-bond acceptors (Lipinski definition) is 4. The van der Waals surface area contributed by atoms with E-state index in [1.165, 1.54) is 12.1 Å². The van der Waals surface area contributed by atoms with Gasteiger partial charge in [-0.2, -0.15) is 13.2 Å². The lowest BCUT2D eigenvalue weighted by molar-refractivity contribution is -0.137. The molecule has 2 N–H and O–H groups in total. The molecule has 0 saturated carbocycles. The van der Waals surface area contributed by atoms with Crippen LogP contribution in [0.5, 0.6) is 0 Å². The minimum absolute atomic E-state index is 0.0400. The van der Waals surface area contributed by atoms with E-state index < -0.39 is 17.6 Å². The molecule has 0 aliphatic carbocycles. The van der Waals surface area contributed by atoms with E-state index >= 15 is 0 Å². The van der Waals surface area contributed by atoms with E-state index in [-0.39, 0.29) is 35.4 Å². The average molecular weight is 432 g/mol. The highest BCUT2D eigenvalue weighted by molar-refractivity contribution is 5.95. The van der Waals surface area contributed by atoms with Gasteiger partial charge >= 0.3 is 6.18 Å². The zero-order chi connectivity index (χ0) is 22.8. The molecule has 2 heterocycles. The van der Waals surface area contributed by atoms with E-state index in [0.717, 1.165) is 12.1 Å². The highest BCUT2D eigenvalue weighted by atomic mass is 19.4. The second-order valence-corrected chi connectivity index (χ2v) is 7.63. The fraction of sp³-hybridized carbons (Fsp3) is 0.318. The van der Waals surface area contributed by atoms with Crippen LogP contribution in [0.4, 0.5) is 13.2 Å². The number of carbonyl (C=O) groups excluding carboxylic acids is 1. The first kappa shape index (κ1) is 22.3. The zero-order valence-corrected chi connectivity index (χ0v) is 17.3. The van der Waals surface area contributed by atoms with Gasteiger partial charge in [-0.15, -0.1) is 0 Å². The Bertz CT molecular complexity index is 1110.